The maximum Gasteiger partial charge on any atom is 0.353 e. The van der Waals surface area contributed by atoms with Crippen molar-refractivity contribution in [3.8, 4) is 22.8 Å². The summed E-state index contributed by atoms with van der Waals surface area (Å²) in [5.74, 6) is -1.07. The second-order valence-corrected chi connectivity index (χ2v) is 8.73. The number of carboxylic acid groups (broad SMARTS) is 2. The third-order valence-corrected chi connectivity index (χ3v) is 6.18. The molecule has 4 rings (SSSR count). The molecule has 4 aromatic rings. The molecule has 8 nitrogen and oxygen atoms in total. The van der Waals surface area contributed by atoms with Crippen LogP contribution < -0.4 is 9.47 Å². The van der Waals surface area contributed by atoms with Crippen LogP contribution in [0.5, 0.6) is 11.5 Å². The molecule has 2 aromatic carbocycles. The normalized spacial score (nSPS) is 11.7. The first-order chi connectivity index (χ1) is 16.9. The van der Waals surface area contributed by atoms with Gasteiger partial charge in [0, 0.05) is 18.1 Å². The van der Waals surface area contributed by atoms with E-state index >= 15 is 0 Å². The van der Waals surface area contributed by atoms with E-state index in [2.05, 4.69) is 10.2 Å². The summed E-state index contributed by atoms with van der Waals surface area (Å²) < 4.78 is 12.4. The lowest BCUT2D eigenvalue weighted by Crippen LogP contribution is -2.12. The van der Waals surface area contributed by atoms with E-state index < -0.39 is 18.0 Å². The third-order valence-electron chi connectivity index (χ3n) is 5.45. The monoisotopic (exact) mass is 492 g/mol. The highest BCUT2D eigenvalue weighted by Crippen LogP contribution is 2.37. The SMILES string of the molecule is Cc1ccccc1[C@H](CCC(=O)O)Oc1cc(OCc2ccsc2)ccc1-c1cc(C(=O)O)[nH]n1. The van der Waals surface area contributed by atoms with Gasteiger partial charge in [-0.25, -0.2) is 4.79 Å². The first-order valence-corrected chi connectivity index (χ1v) is 11.9. The largest absolute Gasteiger partial charge is 0.489 e. The number of carbonyl (C=O) groups is 2. The Morgan fingerprint density at radius 2 is 1.94 bits per heavy atom. The molecule has 2 aromatic heterocycles. The molecule has 180 valence electrons. The fraction of sp³-hybridized carbons (Fsp3) is 0.192. The number of carboxylic acids is 2. The van der Waals surface area contributed by atoms with Gasteiger partial charge in [-0.1, -0.05) is 24.3 Å². The summed E-state index contributed by atoms with van der Waals surface area (Å²) in [5.41, 5.74) is 3.79. The number of thiophene rings is 1. The Morgan fingerprint density at radius 1 is 1.11 bits per heavy atom. The van der Waals surface area contributed by atoms with Gasteiger partial charge in [0.1, 0.15) is 29.9 Å². The van der Waals surface area contributed by atoms with E-state index in [4.69, 9.17) is 9.47 Å². The number of aromatic amines is 1. The van der Waals surface area contributed by atoms with Crippen molar-refractivity contribution in [2.24, 2.45) is 0 Å². The number of aryl methyl sites for hydroxylation is 1. The Kier molecular flexibility index (Phi) is 7.47. The van der Waals surface area contributed by atoms with Gasteiger partial charge < -0.3 is 19.7 Å². The Bertz CT molecular complexity index is 1320. The molecule has 9 heteroatoms. The van der Waals surface area contributed by atoms with Gasteiger partial charge in [0.25, 0.3) is 0 Å². The van der Waals surface area contributed by atoms with Crippen molar-refractivity contribution in [3.05, 3.63) is 87.7 Å². The van der Waals surface area contributed by atoms with Crippen LogP contribution in [-0.2, 0) is 11.4 Å². The summed E-state index contributed by atoms with van der Waals surface area (Å²) in [6.07, 6.45) is -0.370. The summed E-state index contributed by atoms with van der Waals surface area (Å²) in [4.78, 5) is 22.7. The molecule has 0 aliphatic carbocycles. The number of aliphatic carboxylic acids is 1. The number of benzene rings is 2. The summed E-state index contributed by atoms with van der Waals surface area (Å²) in [6, 6.07) is 16.3. The van der Waals surface area contributed by atoms with Crippen molar-refractivity contribution in [3.63, 3.8) is 0 Å². The lowest BCUT2D eigenvalue weighted by Gasteiger charge is -2.23. The van der Waals surface area contributed by atoms with Gasteiger partial charge in [0.05, 0.1) is 5.69 Å². The van der Waals surface area contributed by atoms with Gasteiger partial charge in [-0.15, -0.1) is 0 Å². The van der Waals surface area contributed by atoms with E-state index in [9.17, 15) is 19.8 Å². The first kappa shape index (κ1) is 24.0. The summed E-state index contributed by atoms with van der Waals surface area (Å²) in [7, 11) is 0. The Balaban J connectivity index is 1.70. The highest BCUT2D eigenvalue weighted by molar-refractivity contribution is 7.07. The van der Waals surface area contributed by atoms with Gasteiger partial charge in [-0.05, 0) is 65.1 Å². The van der Waals surface area contributed by atoms with Crippen molar-refractivity contribution < 1.29 is 29.3 Å². The molecule has 0 radical (unpaired) electrons. The van der Waals surface area contributed by atoms with Gasteiger partial charge in [-0.3, -0.25) is 9.89 Å². The van der Waals surface area contributed by atoms with Crippen LogP contribution in [0.25, 0.3) is 11.3 Å². The number of nitrogens with one attached hydrogen (secondary N) is 1. The van der Waals surface area contributed by atoms with Crippen LogP contribution in [0.3, 0.4) is 0 Å². The average Bonchev–Trinajstić information content (AvgIpc) is 3.53. The Morgan fingerprint density at radius 3 is 2.63 bits per heavy atom. The van der Waals surface area contributed by atoms with Crippen molar-refractivity contribution in [2.75, 3.05) is 0 Å². The molecule has 0 aliphatic rings. The molecule has 0 fully saturated rings. The molecule has 0 saturated heterocycles. The predicted molar refractivity (Wildman–Crippen MR) is 131 cm³/mol. The number of H-pyrrole nitrogens is 1. The standard InChI is InChI=1S/C26H24N2O6S/c1-16-4-2-3-5-19(16)23(8-9-25(29)30)34-24-12-18(33-14-17-10-11-35-15-17)6-7-20(24)21-13-22(26(31)32)28-27-21/h2-7,10-13,15,23H,8-9,14H2,1H3,(H,27,28)(H,29,30)(H,31,32)/t23-/m0/s1. The minimum atomic E-state index is -1.12. The number of aromatic carboxylic acids is 1. The molecule has 1 atom stereocenters. The number of rotatable bonds is 11. The smallest absolute Gasteiger partial charge is 0.353 e. The Hall–Kier alpha value is -4.11. The zero-order chi connectivity index (χ0) is 24.8. The highest BCUT2D eigenvalue weighted by Gasteiger charge is 2.21. The van der Waals surface area contributed by atoms with Crippen molar-refractivity contribution in [1.82, 2.24) is 10.2 Å². The molecule has 3 N–H and O–H groups in total. The highest BCUT2D eigenvalue weighted by atomic mass is 32.1. The van der Waals surface area contributed by atoms with Crippen LogP contribution >= 0.6 is 11.3 Å². The van der Waals surface area contributed by atoms with Crippen LogP contribution in [0, 0.1) is 6.92 Å². The number of nitrogens with zero attached hydrogens (tertiary/aromatic N) is 1. The number of aromatic nitrogens is 2. The molecular weight excluding hydrogens is 468 g/mol. The quantitative estimate of drug-likeness (QED) is 0.245. The number of ether oxygens (including phenoxy) is 2. The lowest BCUT2D eigenvalue weighted by atomic mass is 9.99. The zero-order valence-corrected chi connectivity index (χ0v) is 19.7. The van der Waals surface area contributed by atoms with Gasteiger partial charge in [0.2, 0.25) is 0 Å². The minimum Gasteiger partial charge on any atom is -0.489 e. The maximum absolute atomic E-state index is 11.4. The predicted octanol–water partition coefficient (Wildman–Crippen LogP) is 5.71. The topological polar surface area (TPSA) is 122 Å². The summed E-state index contributed by atoms with van der Waals surface area (Å²) in [5, 5.41) is 29.2. The molecule has 0 spiro atoms. The number of hydrogen-bond donors (Lipinski definition) is 3. The molecular formula is C26H24N2O6S. The second kappa shape index (κ2) is 10.9. The summed E-state index contributed by atoms with van der Waals surface area (Å²) >= 11 is 1.59. The van der Waals surface area contributed by atoms with Crippen LogP contribution in [0.4, 0.5) is 0 Å². The maximum atomic E-state index is 11.4. The Labute approximate surface area is 205 Å². The van der Waals surface area contributed by atoms with E-state index in [1.807, 2.05) is 48.0 Å². The average molecular weight is 493 g/mol. The molecule has 0 aliphatic heterocycles. The van der Waals surface area contributed by atoms with E-state index in [1.165, 1.54) is 6.07 Å². The van der Waals surface area contributed by atoms with Crippen LogP contribution in [0.1, 0.15) is 46.1 Å². The minimum absolute atomic E-state index is 0.0509. The van der Waals surface area contributed by atoms with Crippen LogP contribution in [-0.4, -0.2) is 32.3 Å². The van der Waals surface area contributed by atoms with Gasteiger partial charge >= 0.3 is 11.9 Å². The molecule has 0 saturated carbocycles. The van der Waals surface area contributed by atoms with Gasteiger partial charge in [0.15, 0.2) is 0 Å². The molecule has 0 amide bonds. The van der Waals surface area contributed by atoms with E-state index in [0.717, 1.165) is 16.7 Å². The molecule has 0 bridgehead atoms. The van der Waals surface area contributed by atoms with Crippen LogP contribution in [0.2, 0.25) is 0 Å². The van der Waals surface area contributed by atoms with Crippen molar-refractivity contribution in [1.29, 1.82) is 0 Å². The molecule has 35 heavy (non-hydrogen) atoms. The fourth-order valence-corrected chi connectivity index (χ4v) is 4.30. The molecule has 2 heterocycles. The first-order valence-electron chi connectivity index (χ1n) is 10.9. The van der Waals surface area contributed by atoms with Gasteiger partial charge in [-0.2, -0.15) is 16.4 Å². The molecule has 0 unspecified atom stereocenters. The second-order valence-electron chi connectivity index (χ2n) is 7.95. The van der Waals surface area contributed by atoms with E-state index in [0.29, 0.717) is 29.4 Å². The van der Waals surface area contributed by atoms with E-state index in [-0.39, 0.29) is 18.5 Å². The fourth-order valence-electron chi connectivity index (χ4n) is 3.65. The van der Waals surface area contributed by atoms with Crippen molar-refractivity contribution >= 4 is 23.3 Å². The number of hydrogen-bond acceptors (Lipinski definition) is 6. The lowest BCUT2D eigenvalue weighted by molar-refractivity contribution is -0.137. The van der Waals surface area contributed by atoms with E-state index in [1.54, 1.807) is 29.5 Å². The van der Waals surface area contributed by atoms with Crippen molar-refractivity contribution in [2.45, 2.75) is 32.5 Å². The zero-order valence-electron chi connectivity index (χ0n) is 18.9. The summed E-state index contributed by atoms with van der Waals surface area (Å²) in [6.45, 7) is 2.33. The van der Waals surface area contributed by atoms with Crippen LogP contribution in [0.15, 0.2) is 65.4 Å². The third kappa shape index (κ3) is 6.07.